The Hall–Kier alpha value is -3.42. The maximum atomic E-state index is 12.2. The minimum atomic E-state index is -1.12. The molecule has 0 spiro atoms. The molecule has 1 aromatic carbocycles. The van der Waals surface area contributed by atoms with Crippen LogP contribution in [0.4, 0.5) is 4.79 Å². The lowest BCUT2D eigenvalue weighted by atomic mass is 10.1. The number of imide groups is 1. The summed E-state index contributed by atoms with van der Waals surface area (Å²) >= 11 is 0. The molecule has 2 aromatic rings. The van der Waals surface area contributed by atoms with E-state index >= 15 is 0 Å². The van der Waals surface area contributed by atoms with Gasteiger partial charge in [0, 0.05) is 17.3 Å². The van der Waals surface area contributed by atoms with Crippen molar-refractivity contribution in [3.05, 3.63) is 58.4 Å². The molecule has 30 heavy (non-hydrogen) atoms. The second-order valence-electron chi connectivity index (χ2n) is 7.52. The molecule has 1 atom stereocenters. The Bertz CT molecular complexity index is 958. The summed E-state index contributed by atoms with van der Waals surface area (Å²) in [7, 11) is 0. The van der Waals surface area contributed by atoms with Crippen molar-refractivity contribution in [2.45, 2.75) is 47.3 Å². The first kappa shape index (κ1) is 22.9. The highest BCUT2D eigenvalue weighted by Crippen LogP contribution is 2.17. The lowest BCUT2D eigenvalue weighted by Crippen LogP contribution is -2.45. The number of nitrogens with two attached hydrogens (primary N) is 1. The molecule has 0 aliphatic rings. The fourth-order valence-electron chi connectivity index (χ4n) is 2.97. The molecule has 3 N–H and O–H groups in total. The number of amides is 3. The normalized spacial score (nSPS) is 12.2. The van der Waals surface area contributed by atoms with Crippen molar-refractivity contribution in [3.63, 3.8) is 0 Å². The molecule has 2 rings (SSSR count). The van der Waals surface area contributed by atoms with Gasteiger partial charge in [0.2, 0.25) is 0 Å². The van der Waals surface area contributed by atoms with Gasteiger partial charge in [-0.25, -0.2) is 9.59 Å². The molecular formula is C22H28N4O4. The Morgan fingerprint density at radius 3 is 2.37 bits per heavy atom. The summed E-state index contributed by atoms with van der Waals surface area (Å²) in [6.45, 7) is 9.85. The van der Waals surface area contributed by atoms with Gasteiger partial charge >= 0.3 is 12.0 Å². The molecule has 0 aliphatic carbocycles. The zero-order valence-corrected chi connectivity index (χ0v) is 17.9. The standard InChI is InChI=1S/C22H28N4O4/c1-13(2)20(21(28)24-22(23)29)30-19(27)11-10-18-15(4)25-26(16(18)5)12-17-8-6-14(3)7-9-17/h6-11,13,20H,12H2,1-5H3,(H3,23,24,28,29)/b11-10-/t20-/m1/s1. The van der Waals surface area contributed by atoms with Crippen LogP contribution in [-0.4, -0.2) is 33.8 Å². The number of carbonyl (C=O) groups excluding carboxylic acids is 3. The molecule has 0 saturated carbocycles. The third kappa shape index (κ3) is 6.04. The fourth-order valence-corrected chi connectivity index (χ4v) is 2.97. The maximum Gasteiger partial charge on any atom is 0.331 e. The summed E-state index contributed by atoms with van der Waals surface area (Å²) in [5, 5.41) is 6.49. The van der Waals surface area contributed by atoms with Gasteiger partial charge in [-0.15, -0.1) is 0 Å². The van der Waals surface area contributed by atoms with Gasteiger partial charge in [0.15, 0.2) is 6.10 Å². The minimum Gasteiger partial charge on any atom is -0.449 e. The summed E-state index contributed by atoms with van der Waals surface area (Å²) < 4.78 is 7.09. The van der Waals surface area contributed by atoms with Crippen molar-refractivity contribution in [2.75, 3.05) is 0 Å². The molecule has 0 aliphatic heterocycles. The van der Waals surface area contributed by atoms with Gasteiger partial charge in [0.1, 0.15) is 0 Å². The lowest BCUT2D eigenvalue weighted by Gasteiger charge is -2.18. The number of hydrogen-bond acceptors (Lipinski definition) is 5. The van der Waals surface area contributed by atoms with Crippen LogP contribution in [0.15, 0.2) is 30.3 Å². The number of rotatable bonds is 7. The Morgan fingerprint density at radius 1 is 1.17 bits per heavy atom. The van der Waals surface area contributed by atoms with Gasteiger partial charge in [-0.1, -0.05) is 43.7 Å². The lowest BCUT2D eigenvalue weighted by molar-refractivity contribution is -0.153. The maximum absolute atomic E-state index is 12.2. The highest BCUT2D eigenvalue weighted by molar-refractivity contribution is 5.97. The molecule has 8 nitrogen and oxygen atoms in total. The van der Waals surface area contributed by atoms with Crippen molar-refractivity contribution in [1.82, 2.24) is 15.1 Å². The summed E-state index contributed by atoms with van der Waals surface area (Å²) in [5.74, 6) is -1.78. The van der Waals surface area contributed by atoms with Crippen molar-refractivity contribution in [1.29, 1.82) is 0 Å². The quantitative estimate of drug-likeness (QED) is 0.536. The van der Waals surface area contributed by atoms with Crippen molar-refractivity contribution in [3.8, 4) is 0 Å². The predicted molar refractivity (Wildman–Crippen MR) is 113 cm³/mol. The molecule has 160 valence electrons. The number of aryl methyl sites for hydroxylation is 2. The molecule has 1 heterocycles. The largest absolute Gasteiger partial charge is 0.449 e. The van der Waals surface area contributed by atoms with E-state index in [1.165, 1.54) is 11.6 Å². The number of nitrogens with zero attached hydrogens (tertiary/aromatic N) is 2. The third-order valence-corrected chi connectivity index (χ3v) is 4.63. The van der Waals surface area contributed by atoms with Crippen molar-refractivity contribution < 1.29 is 19.1 Å². The number of carbonyl (C=O) groups is 3. The van der Waals surface area contributed by atoms with Gasteiger partial charge in [-0.05, 0) is 38.3 Å². The smallest absolute Gasteiger partial charge is 0.331 e. The topological polar surface area (TPSA) is 116 Å². The number of urea groups is 1. The molecule has 1 aromatic heterocycles. The number of hydrogen-bond donors (Lipinski definition) is 2. The molecule has 8 heteroatoms. The number of benzene rings is 1. The summed E-state index contributed by atoms with van der Waals surface area (Å²) in [6.07, 6.45) is 1.75. The Kier molecular flexibility index (Phi) is 7.52. The molecule has 0 unspecified atom stereocenters. The molecular weight excluding hydrogens is 384 g/mol. The van der Waals surface area contributed by atoms with E-state index in [0.29, 0.717) is 6.54 Å². The van der Waals surface area contributed by atoms with Crippen LogP contribution >= 0.6 is 0 Å². The molecule has 3 amide bonds. The third-order valence-electron chi connectivity index (χ3n) is 4.63. The van der Waals surface area contributed by atoms with Crippen molar-refractivity contribution >= 4 is 24.0 Å². The van der Waals surface area contributed by atoms with Gasteiger partial charge in [0.25, 0.3) is 5.91 Å². The molecule has 0 bridgehead atoms. The zero-order valence-electron chi connectivity index (χ0n) is 17.9. The summed E-state index contributed by atoms with van der Waals surface area (Å²) in [4.78, 5) is 35.1. The van der Waals surface area contributed by atoms with E-state index in [1.807, 2.05) is 30.8 Å². The van der Waals surface area contributed by atoms with Crippen LogP contribution in [0.2, 0.25) is 0 Å². The van der Waals surface area contributed by atoms with Crippen LogP contribution in [0.25, 0.3) is 6.08 Å². The highest BCUT2D eigenvalue weighted by Gasteiger charge is 2.26. The van der Waals surface area contributed by atoms with Gasteiger partial charge in [0.05, 0.1) is 12.2 Å². The second kappa shape index (κ2) is 9.87. The van der Waals surface area contributed by atoms with Crippen LogP contribution in [0, 0.1) is 26.7 Å². The van der Waals surface area contributed by atoms with Crippen LogP contribution in [0.5, 0.6) is 0 Å². The monoisotopic (exact) mass is 412 g/mol. The average molecular weight is 412 g/mol. The molecule has 0 fully saturated rings. The van der Waals surface area contributed by atoms with E-state index in [0.717, 1.165) is 22.5 Å². The van der Waals surface area contributed by atoms with Crippen LogP contribution in [-0.2, 0) is 20.9 Å². The van der Waals surface area contributed by atoms with Gasteiger partial charge in [-0.2, -0.15) is 5.10 Å². The number of nitrogens with one attached hydrogen (secondary N) is 1. The summed E-state index contributed by atoms with van der Waals surface area (Å²) in [6, 6.07) is 7.22. The fraction of sp³-hybridized carbons (Fsp3) is 0.364. The van der Waals surface area contributed by atoms with E-state index in [4.69, 9.17) is 10.5 Å². The number of esters is 1. The Labute approximate surface area is 176 Å². The molecule has 0 saturated heterocycles. The average Bonchev–Trinajstić information content (AvgIpc) is 2.92. The van der Waals surface area contributed by atoms with E-state index in [-0.39, 0.29) is 5.92 Å². The van der Waals surface area contributed by atoms with Gasteiger partial charge < -0.3 is 10.5 Å². The minimum absolute atomic E-state index is 0.331. The summed E-state index contributed by atoms with van der Waals surface area (Å²) in [5.41, 5.74) is 9.77. The van der Waals surface area contributed by atoms with E-state index in [1.54, 1.807) is 19.9 Å². The predicted octanol–water partition coefficient (Wildman–Crippen LogP) is 2.63. The highest BCUT2D eigenvalue weighted by atomic mass is 16.5. The Morgan fingerprint density at radius 2 is 1.80 bits per heavy atom. The second-order valence-corrected chi connectivity index (χ2v) is 7.52. The first-order valence-electron chi connectivity index (χ1n) is 9.67. The number of aromatic nitrogens is 2. The SMILES string of the molecule is Cc1ccc(Cn2nc(C)c(/C=C\C(=O)O[C@@H](C(=O)NC(N)=O)C(C)C)c2C)cc1. The van der Waals surface area contributed by atoms with E-state index in [2.05, 4.69) is 29.4 Å². The van der Waals surface area contributed by atoms with E-state index < -0.39 is 24.0 Å². The number of ether oxygens (including phenoxy) is 1. The van der Waals surface area contributed by atoms with E-state index in [9.17, 15) is 14.4 Å². The zero-order chi connectivity index (χ0) is 22.4. The number of primary amides is 1. The first-order chi connectivity index (χ1) is 14.1. The Balaban J connectivity index is 2.12. The van der Waals surface area contributed by atoms with Crippen molar-refractivity contribution in [2.24, 2.45) is 11.7 Å². The van der Waals surface area contributed by atoms with Gasteiger partial charge in [-0.3, -0.25) is 14.8 Å². The van der Waals surface area contributed by atoms with Crippen LogP contribution < -0.4 is 11.1 Å². The van der Waals surface area contributed by atoms with Crippen LogP contribution in [0.3, 0.4) is 0 Å². The first-order valence-corrected chi connectivity index (χ1v) is 9.67. The van der Waals surface area contributed by atoms with Crippen LogP contribution in [0.1, 0.15) is 41.9 Å². The molecule has 0 radical (unpaired) electrons.